The predicted octanol–water partition coefficient (Wildman–Crippen LogP) is 6.65. The van der Waals surface area contributed by atoms with Crippen LogP contribution in [0.3, 0.4) is 0 Å². The van der Waals surface area contributed by atoms with Gasteiger partial charge in [0.25, 0.3) is 0 Å². The smallest absolute Gasteiger partial charge is 0.192 e. The zero-order chi connectivity index (χ0) is 17.2. The topological polar surface area (TPSA) is 9.23 Å². The van der Waals surface area contributed by atoms with Gasteiger partial charge in [-0.1, -0.05) is 51.0 Å². The molecule has 0 bridgehead atoms. The van der Waals surface area contributed by atoms with Crippen molar-refractivity contribution in [3.63, 3.8) is 0 Å². The highest BCUT2D eigenvalue weighted by Crippen LogP contribution is 2.50. The third-order valence-corrected chi connectivity index (χ3v) is 10.4. The Hall–Kier alpha value is -0.603. The van der Waals surface area contributed by atoms with Crippen molar-refractivity contribution < 1.29 is 4.43 Å². The summed E-state index contributed by atoms with van der Waals surface area (Å²) >= 11 is 0. The second kappa shape index (κ2) is 6.88. The summed E-state index contributed by atoms with van der Waals surface area (Å²) in [7, 11) is -1.76. The molecule has 0 heterocycles. The zero-order valence-corrected chi connectivity index (χ0v) is 16.9. The number of rotatable bonds is 6. The van der Waals surface area contributed by atoms with Crippen molar-refractivity contribution in [2.24, 2.45) is 5.41 Å². The normalized spacial score (nSPS) is 28.6. The minimum Gasteiger partial charge on any atom is -0.413 e. The van der Waals surface area contributed by atoms with Gasteiger partial charge in [-0.3, -0.25) is 0 Å². The average molecular weight is 321 g/mol. The largest absolute Gasteiger partial charge is 0.413 e. The van der Waals surface area contributed by atoms with Crippen LogP contribution < -0.4 is 0 Å². The second-order valence-electron chi connectivity index (χ2n) is 8.32. The molecule has 2 atom stereocenters. The molecule has 0 aliphatic heterocycles. The van der Waals surface area contributed by atoms with Crippen molar-refractivity contribution in [1.82, 2.24) is 0 Å². The SMILES string of the molecule is C=CC/C(CC)=C1\CC[C@H](O[Si](C)(C)C(C)(C)C)[C@@]1(C)C=C. The maximum absolute atomic E-state index is 6.78. The molecule has 0 unspecified atom stereocenters. The zero-order valence-electron chi connectivity index (χ0n) is 15.9. The molecular weight excluding hydrogens is 284 g/mol. The summed E-state index contributed by atoms with van der Waals surface area (Å²) in [5.74, 6) is 0. The Labute approximate surface area is 139 Å². The molecule has 0 spiro atoms. The van der Waals surface area contributed by atoms with E-state index in [1.54, 1.807) is 5.57 Å². The fourth-order valence-corrected chi connectivity index (χ4v) is 4.65. The molecule has 0 aromatic heterocycles. The van der Waals surface area contributed by atoms with Crippen molar-refractivity contribution in [3.05, 3.63) is 36.5 Å². The first kappa shape index (κ1) is 19.4. The summed E-state index contributed by atoms with van der Waals surface area (Å²) in [6, 6.07) is 0. The molecule has 1 rings (SSSR count). The van der Waals surface area contributed by atoms with Gasteiger partial charge in [-0.15, -0.1) is 13.2 Å². The van der Waals surface area contributed by atoms with Gasteiger partial charge in [0.15, 0.2) is 8.32 Å². The summed E-state index contributed by atoms with van der Waals surface area (Å²) in [5, 5.41) is 0.246. The maximum Gasteiger partial charge on any atom is 0.192 e. The van der Waals surface area contributed by atoms with Gasteiger partial charge in [0, 0.05) is 5.41 Å². The lowest BCUT2D eigenvalue weighted by Crippen LogP contribution is -2.46. The molecule has 2 heteroatoms. The molecule has 22 heavy (non-hydrogen) atoms. The third-order valence-electron chi connectivity index (χ3n) is 5.89. The van der Waals surface area contributed by atoms with Gasteiger partial charge in [-0.2, -0.15) is 0 Å². The van der Waals surface area contributed by atoms with Crippen molar-refractivity contribution in [2.75, 3.05) is 0 Å². The number of allylic oxidation sites excluding steroid dienone is 2. The number of hydrogen-bond acceptors (Lipinski definition) is 1. The number of hydrogen-bond donors (Lipinski definition) is 0. The van der Waals surface area contributed by atoms with Gasteiger partial charge in [-0.25, -0.2) is 0 Å². The molecule has 0 aromatic carbocycles. The van der Waals surface area contributed by atoms with E-state index in [-0.39, 0.29) is 16.6 Å². The first-order valence-corrected chi connectivity index (χ1v) is 11.6. The van der Waals surface area contributed by atoms with Gasteiger partial charge in [0.05, 0.1) is 6.10 Å². The van der Waals surface area contributed by atoms with Crippen molar-refractivity contribution in [1.29, 1.82) is 0 Å². The van der Waals surface area contributed by atoms with Crippen LogP contribution in [0.1, 0.15) is 60.3 Å². The van der Waals surface area contributed by atoms with Crippen LogP contribution in [0.5, 0.6) is 0 Å². The summed E-state index contributed by atoms with van der Waals surface area (Å²) < 4.78 is 6.78. The standard InChI is InChI=1S/C20H36OSi/c1-10-13-16(11-2)17-14-15-18(20(17,7)12-3)21-22(8,9)19(4,5)6/h10,12,18H,1,3,11,13-15H2,2,4-9H3/b17-16+/t18-,20-/m0/s1. The highest BCUT2D eigenvalue weighted by molar-refractivity contribution is 6.74. The van der Waals surface area contributed by atoms with E-state index < -0.39 is 8.32 Å². The van der Waals surface area contributed by atoms with E-state index in [2.05, 4.69) is 66.9 Å². The van der Waals surface area contributed by atoms with E-state index in [0.29, 0.717) is 0 Å². The maximum atomic E-state index is 6.78. The molecule has 1 fully saturated rings. The molecular formula is C20H36OSi. The fourth-order valence-electron chi connectivity index (χ4n) is 3.22. The van der Waals surface area contributed by atoms with Gasteiger partial charge < -0.3 is 4.43 Å². The van der Waals surface area contributed by atoms with Gasteiger partial charge in [0.2, 0.25) is 0 Å². The molecule has 0 saturated heterocycles. The summed E-state index contributed by atoms with van der Waals surface area (Å²) in [6.45, 7) is 24.3. The van der Waals surface area contributed by atoms with Crippen LogP contribution in [0.4, 0.5) is 0 Å². The summed E-state index contributed by atoms with van der Waals surface area (Å²) in [4.78, 5) is 0. The molecule has 0 amide bonds. The van der Waals surface area contributed by atoms with E-state index >= 15 is 0 Å². The monoisotopic (exact) mass is 320 g/mol. The summed E-state index contributed by atoms with van der Waals surface area (Å²) in [5.41, 5.74) is 3.05. The van der Waals surface area contributed by atoms with E-state index in [1.807, 2.05) is 6.08 Å². The van der Waals surface area contributed by atoms with E-state index in [0.717, 1.165) is 25.7 Å². The van der Waals surface area contributed by atoms with Crippen LogP contribution in [0.15, 0.2) is 36.5 Å². The highest BCUT2D eigenvalue weighted by atomic mass is 28.4. The minimum absolute atomic E-state index is 0.0239. The Balaban J connectivity index is 3.16. The van der Waals surface area contributed by atoms with Crippen LogP contribution in [0, 0.1) is 5.41 Å². The molecule has 1 saturated carbocycles. The molecule has 1 nitrogen and oxygen atoms in total. The lowest BCUT2D eigenvalue weighted by atomic mass is 9.79. The molecule has 1 aliphatic carbocycles. The molecule has 0 N–H and O–H groups in total. The molecule has 0 aromatic rings. The van der Waals surface area contributed by atoms with Crippen molar-refractivity contribution in [3.8, 4) is 0 Å². The van der Waals surface area contributed by atoms with E-state index in [4.69, 9.17) is 4.43 Å². The van der Waals surface area contributed by atoms with Crippen LogP contribution in [0.2, 0.25) is 18.1 Å². The van der Waals surface area contributed by atoms with Crippen molar-refractivity contribution in [2.45, 2.75) is 84.5 Å². The van der Waals surface area contributed by atoms with E-state index in [9.17, 15) is 0 Å². The Morgan fingerprint density at radius 2 is 1.95 bits per heavy atom. The minimum atomic E-state index is -1.76. The van der Waals surface area contributed by atoms with Crippen LogP contribution in [-0.2, 0) is 4.43 Å². The first-order chi connectivity index (χ1) is 10.0. The Morgan fingerprint density at radius 3 is 2.36 bits per heavy atom. The van der Waals surface area contributed by atoms with Crippen LogP contribution >= 0.6 is 0 Å². The van der Waals surface area contributed by atoms with Gasteiger partial charge >= 0.3 is 0 Å². The summed E-state index contributed by atoms with van der Waals surface area (Å²) in [6.07, 6.45) is 8.76. The Kier molecular flexibility index (Phi) is 6.08. The van der Waals surface area contributed by atoms with E-state index in [1.165, 1.54) is 5.57 Å². The molecule has 1 aliphatic rings. The van der Waals surface area contributed by atoms with Crippen molar-refractivity contribution >= 4 is 8.32 Å². The third kappa shape index (κ3) is 3.65. The Morgan fingerprint density at radius 1 is 1.36 bits per heavy atom. The fraction of sp³-hybridized carbons (Fsp3) is 0.700. The lowest BCUT2D eigenvalue weighted by Gasteiger charge is -2.42. The quantitative estimate of drug-likeness (QED) is 0.393. The first-order valence-electron chi connectivity index (χ1n) is 8.67. The van der Waals surface area contributed by atoms with Gasteiger partial charge in [-0.05, 0) is 50.7 Å². The average Bonchev–Trinajstić information content (AvgIpc) is 2.72. The van der Waals surface area contributed by atoms with Crippen LogP contribution in [0.25, 0.3) is 0 Å². The van der Waals surface area contributed by atoms with Crippen LogP contribution in [-0.4, -0.2) is 14.4 Å². The predicted molar refractivity (Wildman–Crippen MR) is 102 cm³/mol. The Bertz CT molecular complexity index is 453. The highest BCUT2D eigenvalue weighted by Gasteiger charge is 2.47. The second-order valence-corrected chi connectivity index (χ2v) is 13.1. The van der Waals surface area contributed by atoms with Gasteiger partial charge in [0.1, 0.15) is 0 Å². The molecule has 126 valence electrons. The lowest BCUT2D eigenvalue weighted by molar-refractivity contribution is 0.121. The molecule has 0 radical (unpaired) electrons.